The largest absolute Gasteiger partial charge is 0.379 e. The van der Waals surface area contributed by atoms with Crippen molar-refractivity contribution < 1.29 is 9.47 Å². The van der Waals surface area contributed by atoms with E-state index in [0.717, 1.165) is 43.3 Å². The molecule has 1 aliphatic heterocycles. The van der Waals surface area contributed by atoms with Crippen molar-refractivity contribution in [3.8, 4) is 11.1 Å². The highest BCUT2D eigenvalue weighted by atomic mass is 32.1. The van der Waals surface area contributed by atoms with Crippen molar-refractivity contribution in [1.29, 1.82) is 0 Å². The van der Waals surface area contributed by atoms with Gasteiger partial charge in [-0.2, -0.15) is 0 Å². The SMILES string of the molecule is CCc1cc(-c2ccccc2COC(c2cncs2)N2CCOCC2)ccn1. The number of rotatable bonds is 7. The first-order chi connectivity index (χ1) is 13.8. The van der Waals surface area contributed by atoms with Gasteiger partial charge >= 0.3 is 0 Å². The topological polar surface area (TPSA) is 47.5 Å². The Kier molecular flexibility index (Phi) is 6.44. The van der Waals surface area contributed by atoms with Gasteiger partial charge in [-0.1, -0.05) is 31.2 Å². The molecule has 146 valence electrons. The van der Waals surface area contributed by atoms with E-state index in [4.69, 9.17) is 9.47 Å². The van der Waals surface area contributed by atoms with Gasteiger partial charge in [-0.05, 0) is 35.2 Å². The zero-order chi connectivity index (χ0) is 19.2. The molecule has 1 saturated heterocycles. The van der Waals surface area contributed by atoms with Crippen LogP contribution < -0.4 is 0 Å². The molecular formula is C22H25N3O2S. The van der Waals surface area contributed by atoms with Gasteiger partial charge < -0.3 is 9.47 Å². The molecule has 0 bridgehead atoms. The summed E-state index contributed by atoms with van der Waals surface area (Å²) in [4.78, 5) is 12.1. The Morgan fingerprint density at radius 2 is 2.07 bits per heavy atom. The van der Waals surface area contributed by atoms with Crippen LogP contribution in [0.15, 0.2) is 54.3 Å². The molecule has 3 heterocycles. The second-order valence-corrected chi connectivity index (χ2v) is 7.68. The summed E-state index contributed by atoms with van der Waals surface area (Å²) in [5.74, 6) is 0. The second-order valence-electron chi connectivity index (χ2n) is 6.76. The summed E-state index contributed by atoms with van der Waals surface area (Å²) in [5.41, 5.74) is 6.53. The monoisotopic (exact) mass is 395 g/mol. The summed E-state index contributed by atoms with van der Waals surface area (Å²) in [6.45, 7) is 5.89. The molecule has 4 rings (SSSR count). The number of morpholine rings is 1. The molecular weight excluding hydrogens is 370 g/mol. The van der Waals surface area contributed by atoms with E-state index in [9.17, 15) is 0 Å². The number of benzene rings is 1. The molecule has 28 heavy (non-hydrogen) atoms. The van der Waals surface area contributed by atoms with Crippen molar-refractivity contribution in [2.24, 2.45) is 0 Å². The molecule has 1 aromatic carbocycles. The van der Waals surface area contributed by atoms with Gasteiger partial charge in [0.2, 0.25) is 0 Å². The fourth-order valence-corrected chi connectivity index (χ4v) is 4.16. The number of hydrogen-bond donors (Lipinski definition) is 0. The first-order valence-corrected chi connectivity index (χ1v) is 10.6. The molecule has 1 fully saturated rings. The van der Waals surface area contributed by atoms with E-state index in [1.54, 1.807) is 11.3 Å². The molecule has 1 atom stereocenters. The number of aromatic nitrogens is 2. The van der Waals surface area contributed by atoms with E-state index in [0.29, 0.717) is 6.61 Å². The van der Waals surface area contributed by atoms with E-state index >= 15 is 0 Å². The van der Waals surface area contributed by atoms with Crippen LogP contribution in [0.5, 0.6) is 0 Å². The van der Waals surface area contributed by atoms with Crippen LogP contribution >= 0.6 is 11.3 Å². The minimum absolute atomic E-state index is 0.0897. The maximum absolute atomic E-state index is 6.46. The van der Waals surface area contributed by atoms with Crippen LogP contribution in [0.3, 0.4) is 0 Å². The molecule has 0 aliphatic carbocycles. The zero-order valence-corrected chi connectivity index (χ0v) is 16.9. The normalized spacial score (nSPS) is 16.2. The van der Waals surface area contributed by atoms with Crippen molar-refractivity contribution in [3.05, 3.63) is 70.4 Å². The second kappa shape index (κ2) is 9.39. The molecule has 2 aromatic heterocycles. The highest BCUT2D eigenvalue weighted by molar-refractivity contribution is 7.09. The van der Waals surface area contributed by atoms with E-state index in [1.165, 1.54) is 16.7 Å². The van der Waals surface area contributed by atoms with Crippen molar-refractivity contribution in [2.45, 2.75) is 26.2 Å². The van der Waals surface area contributed by atoms with Gasteiger partial charge in [-0.15, -0.1) is 11.3 Å². The Balaban J connectivity index is 1.56. The standard InChI is InChI=1S/C22H25N3O2S/c1-2-19-13-17(7-8-24-19)20-6-4-3-5-18(20)15-27-22(21-14-23-16-28-21)25-9-11-26-12-10-25/h3-8,13-14,16,22H,2,9-12,15H2,1H3. The molecule has 1 aliphatic rings. The first-order valence-electron chi connectivity index (χ1n) is 9.70. The molecule has 0 radical (unpaired) electrons. The lowest BCUT2D eigenvalue weighted by Gasteiger charge is -2.33. The first kappa shape index (κ1) is 19.2. The van der Waals surface area contributed by atoms with Crippen molar-refractivity contribution in [1.82, 2.24) is 14.9 Å². The van der Waals surface area contributed by atoms with Crippen LogP contribution in [0.1, 0.15) is 29.3 Å². The number of hydrogen-bond acceptors (Lipinski definition) is 6. The lowest BCUT2D eigenvalue weighted by molar-refractivity contribution is -0.104. The van der Waals surface area contributed by atoms with Crippen molar-refractivity contribution in [3.63, 3.8) is 0 Å². The van der Waals surface area contributed by atoms with E-state index < -0.39 is 0 Å². The number of thiazole rings is 1. The average molecular weight is 396 g/mol. The van der Waals surface area contributed by atoms with Crippen LogP contribution in [0.25, 0.3) is 11.1 Å². The van der Waals surface area contributed by atoms with Gasteiger partial charge in [0.1, 0.15) is 6.23 Å². The van der Waals surface area contributed by atoms with Crippen LogP contribution in [0.4, 0.5) is 0 Å². The maximum atomic E-state index is 6.46. The maximum Gasteiger partial charge on any atom is 0.148 e. The summed E-state index contributed by atoms with van der Waals surface area (Å²) < 4.78 is 12.0. The number of ether oxygens (including phenoxy) is 2. The van der Waals surface area contributed by atoms with Gasteiger partial charge in [0, 0.05) is 31.2 Å². The van der Waals surface area contributed by atoms with Crippen LogP contribution in [-0.4, -0.2) is 41.2 Å². The lowest BCUT2D eigenvalue weighted by Crippen LogP contribution is -2.39. The van der Waals surface area contributed by atoms with Gasteiger partial charge in [-0.3, -0.25) is 14.9 Å². The Hall–Kier alpha value is -2.12. The molecule has 3 aromatic rings. The predicted molar refractivity (Wildman–Crippen MR) is 111 cm³/mol. The number of aryl methyl sites for hydroxylation is 1. The third-order valence-electron chi connectivity index (χ3n) is 4.98. The molecule has 0 N–H and O–H groups in total. The summed E-state index contributed by atoms with van der Waals surface area (Å²) in [5, 5.41) is 0. The smallest absolute Gasteiger partial charge is 0.148 e. The van der Waals surface area contributed by atoms with Crippen molar-refractivity contribution in [2.75, 3.05) is 26.3 Å². The Bertz CT molecular complexity index is 879. The molecule has 0 saturated carbocycles. The van der Waals surface area contributed by atoms with Gasteiger partial charge in [0.05, 0.1) is 30.2 Å². The van der Waals surface area contributed by atoms with Crippen LogP contribution in [-0.2, 0) is 22.5 Å². The molecule has 1 unspecified atom stereocenters. The van der Waals surface area contributed by atoms with Gasteiger partial charge in [0.25, 0.3) is 0 Å². The van der Waals surface area contributed by atoms with E-state index in [-0.39, 0.29) is 6.23 Å². The highest BCUT2D eigenvalue weighted by Crippen LogP contribution is 2.30. The van der Waals surface area contributed by atoms with Gasteiger partial charge in [0.15, 0.2) is 0 Å². The number of nitrogens with zero attached hydrogens (tertiary/aromatic N) is 3. The minimum Gasteiger partial charge on any atom is -0.379 e. The zero-order valence-electron chi connectivity index (χ0n) is 16.1. The van der Waals surface area contributed by atoms with Crippen molar-refractivity contribution >= 4 is 11.3 Å². The Labute approximate surface area is 170 Å². The molecule has 0 amide bonds. The minimum atomic E-state index is -0.0897. The van der Waals surface area contributed by atoms with Crippen LogP contribution in [0.2, 0.25) is 0 Å². The summed E-state index contributed by atoms with van der Waals surface area (Å²) in [6, 6.07) is 12.7. The van der Waals surface area contributed by atoms with Crippen LogP contribution in [0, 0.1) is 0 Å². The third kappa shape index (κ3) is 4.47. The van der Waals surface area contributed by atoms with E-state index in [1.807, 2.05) is 17.9 Å². The lowest BCUT2D eigenvalue weighted by atomic mass is 10.00. The quantitative estimate of drug-likeness (QED) is 0.596. The average Bonchev–Trinajstić information content (AvgIpc) is 3.29. The van der Waals surface area contributed by atoms with Gasteiger partial charge in [-0.25, -0.2) is 0 Å². The van der Waals surface area contributed by atoms with E-state index in [2.05, 4.69) is 58.2 Å². The molecule has 5 nitrogen and oxygen atoms in total. The number of pyridine rings is 1. The highest BCUT2D eigenvalue weighted by Gasteiger charge is 2.25. The fourth-order valence-electron chi connectivity index (χ4n) is 3.46. The molecule has 0 spiro atoms. The Morgan fingerprint density at radius 1 is 1.21 bits per heavy atom. The third-order valence-corrected chi connectivity index (χ3v) is 5.78. The molecule has 6 heteroatoms. The predicted octanol–water partition coefficient (Wildman–Crippen LogP) is 4.32. The summed E-state index contributed by atoms with van der Waals surface area (Å²) >= 11 is 1.64. The Morgan fingerprint density at radius 3 is 2.86 bits per heavy atom. The summed E-state index contributed by atoms with van der Waals surface area (Å²) in [7, 11) is 0. The summed E-state index contributed by atoms with van der Waals surface area (Å²) in [6.07, 6.45) is 4.64. The fraction of sp³-hybridized carbons (Fsp3) is 0.364.